The summed E-state index contributed by atoms with van der Waals surface area (Å²) < 4.78 is 13.4. The minimum atomic E-state index is -2.07. The Labute approximate surface area is 232 Å². The van der Waals surface area contributed by atoms with E-state index in [4.69, 9.17) is 9.47 Å². The van der Waals surface area contributed by atoms with Gasteiger partial charge in [-0.05, 0) is 47.1 Å². The summed E-state index contributed by atoms with van der Waals surface area (Å²) in [5.41, 5.74) is 14.3. The summed E-state index contributed by atoms with van der Waals surface area (Å²) >= 11 is 0. The third-order valence-electron chi connectivity index (χ3n) is 8.64. The van der Waals surface area contributed by atoms with Crippen LogP contribution >= 0.6 is 0 Å². The molecule has 0 saturated carbocycles. The molecule has 1 aliphatic heterocycles. The minimum Gasteiger partial charge on any atom is -0.323 e. The molecule has 1 saturated heterocycles. The zero-order valence-electron chi connectivity index (χ0n) is 26.3. The van der Waals surface area contributed by atoms with E-state index in [0.29, 0.717) is 33.2 Å². The topological polar surface area (TPSA) is 18.5 Å². The molecule has 0 amide bonds. The molecular weight excluding hydrogens is 485 g/mol. The molecule has 1 aliphatic rings. The molecule has 4 heteroatoms. The van der Waals surface area contributed by atoms with Gasteiger partial charge in [-0.3, -0.25) is 0 Å². The second-order valence-electron chi connectivity index (χ2n) is 13.1. The number of hydrogen-bond acceptors (Lipinski definition) is 2. The number of ether oxygens (including phenoxy) is 2. The van der Waals surface area contributed by atoms with Crippen LogP contribution in [0.5, 0.6) is 0 Å². The second-order valence-corrected chi connectivity index (χ2v) is 24.2. The normalized spacial score (nSPS) is 23.6. The van der Waals surface area contributed by atoms with Gasteiger partial charge in [0.1, 0.15) is 16.1 Å². The quantitative estimate of drug-likeness (QED) is 0.174. The molecule has 37 heavy (non-hydrogen) atoms. The second kappa shape index (κ2) is 12.1. The monoisotopic (exact) mass is 538 g/mol. The van der Waals surface area contributed by atoms with E-state index in [9.17, 15) is 0 Å². The molecular formula is C33H54O2Si2. The summed E-state index contributed by atoms with van der Waals surface area (Å²) in [6.07, 6.45) is 3.64. The van der Waals surface area contributed by atoms with Crippen molar-refractivity contribution in [2.75, 3.05) is 0 Å². The van der Waals surface area contributed by atoms with E-state index < -0.39 is 33.1 Å². The molecule has 0 aliphatic carbocycles. The fourth-order valence-electron chi connectivity index (χ4n) is 7.09. The lowest BCUT2D eigenvalue weighted by Gasteiger charge is -2.39. The van der Waals surface area contributed by atoms with E-state index in [1.807, 2.05) is 26.0 Å². The molecule has 0 bridgehead atoms. The van der Waals surface area contributed by atoms with Crippen molar-refractivity contribution in [2.45, 2.75) is 147 Å². The van der Waals surface area contributed by atoms with Crippen LogP contribution in [0.1, 0.15) is 96.9 Å². The maximum absolute atomic E-state index is 6.71. The van der Waals surface area contributed by atoms with Gasteiger partial charge in [0.25, 0.3) is 0 Å². The van der Waals surface area contributed by atoms with Crippen LogP contribution in [-0.4, -0.2) is 33.1 Å². The Morgan fingerprint density at radius 3 is 0.973 bits per heavy atom. The Morgan fingerprint density at radius 2 is 0.784 bits per heavy atom. The molecule has 2 nitrogen and oxygen atoms in total. The standard InChI is InChI=1S/C33H54O2Si2/c1-17-19-32(21-23-36(25(3)4,26(5)6)27(7)8)33(20-18-2,35-31(15,16)34-32)22-24-37(28(9)10,29(11)12)30(13)14/h19-20,25-30H,1-2H2,3-16H3/t32-,33-/m1/s1. The smallest absolute Gasteiger partial charge is 0.201 e. The van der Waals surface area contributed by atoms with Crippen LogP contribution in [0, 0.1) is 22.9 Å². The highest BCUT2D eigenvalue weighted by Gasteiger charge is 2.62. The Kier molecular flexibility index (Phi) is 11.0. The lowest BCUT2D eigenvalue weighted by molar-refractivity contribution is -0.151. The summed E-state index contributed by atoms with van der Waals surface area (Å²) in [4.78, 5) is 0. The van der Waals surface area contributed by atoms with E-state index in [-0.39, 0.29) is 0 Å². The molecule has 0 aromatic rings. The van der Waals surface area contributed by atoms with Crippen LogP contribution in [0.4, 0.5) is 0 Å². The first-order chi connectivity index (χ1) is 16.9. The molecule has 1 rings (SSSR count). The van der Waals surface area contributed by atoms with Gasteiger partial charge >= 0.3 is 0 Å². The van der Waals surface area contributed by atoms with Gasteiger partial charge in [-0.2, -0.15) is 0 Å². The Morgan fingerprint density at radius 1 is 0.541 bits per heavy atom. The zero-order valence-corrected chi connectivity index (χ0v) is 28.3. The molecule has 0 radical (unpaired) electrons. The van der Waals surface area contributed by atoms with Gasteiger partial charge in [-0.1, -0.05) is 108 Å². The summed E-state index contributed by atoms with van der Waals surface area (Å²) in [6.45, 7) is 39.5. The fourth-order valence-corrected chi connectivity index (χ4v) is 17.6. The maximum atomic E-state index is 6.71. The highest BCUT2D eigenvalue weighted by atomic mass is 28.3. The molecule has 206 valence electrons. The summed E-state index contributed by atoms with van der Waals surface area (Å²) in [5, 5.41) is 0. The Bertz CT molecular complexity index is 902. The van der Waals surface area contributed by atoms with Crippen molar-refractivity contribution in [1.82, 2.24) is 0 Å². The van der Waals surface area contributed by atoms with Crippen LogP contribution in [0.3, 0.4) is 0 Å². The van der Waals surface area contributed by atoms with Gasteiger partial charge in [0.2, 0.25) is 11.2 Å². The van der Waals surface area contributed by atoms with Crippen molar-refractivity contribution >= 4 is 16.1 Å². The van der Waals surface area contributed by atoms with Crippen LogP contribution in [0.2, 0.25) is 33.2 Å². The van der Waals surface area contributed by atoms with Crippen LogP contribution in [0.15, 0.2) is 36.8 Å². The van der Waals surface area contributed by atoms with E-state index in [2.05, 4.69) is 131 Å². The van der Waals surface area contributed by atoms with E-state index in [1.165, 1.54) is 0 Å². The third-order valence-corrected chi connectivity index (χ3v) is 21.2. The molecule has 2 atom stereocenters. The highest BCUT2D eigenvalue weighted by molar-refractivity contribution is 6.91. The summed E-state index contributed by atoms with van der Waals surface area (Å²) in [5.74, 6) is 6.40. The first kappa shape index (κ1) is 33.5. The Balaban J connectivity index is 4.24. The summed E-state index contributed by atoms with van der Waals surface area (Å²) in [7, 11) is -4.14. The molecule has 0 unspecified atom stereocenters. The fraction of sp³-hybridized carbons (Fsp3) is 0.697. The average molecular weight is 539 g/mol. The van der Waals surface area contributed by atoms with Crippen molar-refractivity contribution in [3.05, 3.63) is 36.8 Å². The largest absolute Gasteiger partial charge is 0.323 e. The van der Waals surface area contributed by atoms with Gasteiger partial charge in [0.05, 0.1) is 0 Å². The predicted octanol–water partition coefficient (Wildman–Crippen LogP) is 9.37. The van der Waals surface area contributed by atoms with Crippen LogP contribution in [-0.2, 0) is 9.47 Å². The van der Waals surface area contributed by atoms with E-state index >= 15 is 0 Å². The highest BCUT2D eigenvalue weighted by Crippen LogP contribution is 2.48. The zero-order chi connectivity index (χ0) is 29.0. The predicted molar refractivity (Wildman–Crippen MR) is 167 cm³/mol. The minimum absolute atomic E-state index is 0.485. The van der Waals surface area contributed by atoms with Gasteiger partial charge in [-0.15, -0.1) is 22.5 Å². The van der Waals surface area contributed by atoms with Gasteiger partial charge in [0, 0.05) is 12.2 Å². The lowest BCUT2D eigenvalue weighted by Crippen LogP contribution is -2.50. The SMILES string of the molecule is C=C=C[C@]1(C#C[Si](C(C)C)(C(C)C)C(C)C)OC(C)(C)O[C@@]1(C#C[Si](C(C)C)(C(C)C)C(C)C)C=C=C. The van der Waals surface area contributed by atoms with Gasteiger partial charge < -0.3 is 9.47 Å². The molecule has 0 aromatic carbocycles. The van der Waals surface area contributed by atoms with Crippen molar-refractivity contribution in [2.24, 2.45) is 0 Å². The molecule has 0 aromatic heterocycles. The maximum Gasteiger partial charge on any atom is 0.201 e. The average Bonchev–Trinajstić information content (AvgIpc) is 2.94. The van der Waals surface area contributed by atoms with Crippen molar-refractivity contribution in [3.63, 3.8) is 0 Å². The Hall–Kier alpha value is -1.49. The van der Waals surface area contributed by atoms with E-state index in [0.717, 1.165) is 0 Å². The van der Waals surface area contributed by atoms with E-state index in [1.54, 1.807) is 0 Å². The van der Waals surface area contributed by atoms with Crippen molar-refractivity contribution in [1.29, 1.82) is 0 Å². The van der Waals surface area contributed by atoms with Gasteiger partial charge in [-0.25, -0.2) is 0 Å². The third kappa shape index (κ3) is 6.07. The van der Waals surface area contributed by atoms with Crippen LogP contribution < -0.4 is 0 Å². The molecule has 0 N–H and O–H groups in total. The molecule has 1 fully saturated rings. The van der Waals surface area contributed by atoms with Crippen molar-refractivity contribution in [3.8, 4) is 22.9 Å². The number of rotatable bonds is 8. The first-order valence-electron chi connectivity index (χ1n) is 14.1. The summed E-state index contributed by atoms with van der Waals surface area (Å²) in [6, 6.07) is 0. The van der Waals surface area contributed by atoms with Gasteiger partial charge in [0.15, 0.2) is 5.79 Å². The first-order valence-corrected chi connectivity index (χ1v) is 18.6. The lowest BCUT2D eigenvalue weighted by atomic mass is 9.83. The van der Waals surface area contributed by atoms with Crippen molar-refractivity contribution < 1.29 is 9.47 Å². The number of hydrogen-bond donors (Lipinski definition) is 0. The van der Waals surface area contributed by atoms with Crippen LogP contribution in [0.25, 0.3) is 0 Å². The molecule has 0 spiro atoms. The molecule has 1 heterocycles.